The van der Waals surface area contributed by atoms with E-state index in [2.05, 4.69) is 24.0 Å². The molecule has 1 aromatic rings. The third-order valence-corrected chi connectivity index (χ3v) is 2.61. The first kappa shape index (κ1) is 10.7. The molecule has 0 aliphatic carbocycles. The maximum Gasteiger partial charge on any atom is 0.331 e. The van der Waals surface area contributed by atoms with Crippen LogP contribution in [0.3, 0.4) is 0 Å². The lowest BCUT2D eigenvalue weighted by Gasteiger charge is -2.22. The highest BCUT2D eigenvalue weighted by Crippen LogP contribution is 2.16. The Kier molecular flexibility index (Phi) is 2.95. The second-order valence-electron chi connectivity index (χ2n) is 4.05. The summed E-state index contributed by atoms with van der Waals surface area (Å²) in [6.45, 7) is 2.75. The van der Waals surface area contributed by atoms with Crippen LogP contribution in [0.5, 0.6) is 0 Å². The predicted molar refractivity (Wildman–Crippen MR) is 63.5 cm³/mol. The minimum Gasteiger partial charge on any atom is -0.453 e. The van der Waals surface area contributed by atoms with Gasteiger partial charge in [0.05, 0.1) is 6.54 Å². The summed E-state index contributed by atoms with van der Waals surface area (Å²) in [6, 6.07) is 8.25. The van der Waals surface area contributed by atoms with E-state index < -0.39 is 0 Å². The zero-order valence-electron chi connectivity index (χ0n) is 9.51. The lowest BCUT2D eigenvalue weighted by Crippen LogP contribution is -2.28. The zero-order valence-corrected chi connectivity index (χ0v) is 9.51. The van der Waals surface area contributed by atoms with Crippen molar-refractivity contribution in [2.45, 2.75) is 13.0 Å². The molecule has 0 amide bonds. The molecule has 0 saturated heterocycles. The zero-order chi connectivity index (χ0) is 11.5. The van der Waals surface area contributed by atoms with E-state index in [1.165, 1.54) is 11.6 Å². The molecule has 1 atom stereocenters. The fourth-order valence-corrected chi connectivity index (χ4v) is 1.75. The maximum absolute atomic E-state index is 10.9. The van der Waals surface area contributed by atoms with Gasteiger partial charge in [-0.05, 0) is 30.7 Å². The second-order valence-corrected chi connectivity index (χ2v) is 4.05. The topological polar surface area (TPSA) is 29.5 Å². The minimum absolute atomic E-state index is 0.127. The van der Waals surface area contributed by atoms with Crippen molar-refractivity contribution in [2.75, 3.05) is 18.5 Å². The van der Waals surface area contributed by atoms with Crippen LogP contribution >= 0.6 is 0 Å². The van der Waals surface area contributed by atoms with Crippen LogP contribution < -0.4 is 4.90 Å². The summed E-state index contributed by atoms with van der Waals surface area (Å²) in [6.07, 6.45) is 3.15. The molecule has 1 aliphatic rings. The number of benzene rings is 1. The molecular formula is C13H15NO2. The largest absolute Gasteiger partial charge is 0.453 e. The Labute approximate surface area is 95.3 Å². The molecule has 0 bridgehead atoms. The third-order valence-electron chi connectivity index (χ3n) is 2.61. The molecule has 0 spiro atoms. The first-order valence-electron chi connectivity index (χ1n) is 5.32. The molecule has 2 rings (SSSR count). The number of hydrogen-bond acceptors (Lipinski definition) is 3. The molecule has 3 nitrogen and oxygen atoms in total. The molecule has 0 N–H and O–H groups in total. The van der Waals surface area contributed by atoms with E-state index in [4.69, 9.17) is 4.74 Å². The van der Waals surface area contributed by atoms with Crippen LogP contribution in [0.1, 0.15) is 5.56 Å². The number of cyclic esters (lactones) is 1. The first-order valence-corrected chi connectivity index (χ1v) is 5.32. The van der Waals surface area contributed by atoms with E-state index in [-0.39, 0.29) is 12.1 Å². The van der Waals surface area contributed by atoms with Gasteiger partial charge in [0.15, 0.2) is 0 Å². The summed E-state index contributed by atoms with van der Waals surface area (Å²) in [5.74, 6) is -0.248. The van der Waals surface area contributed by atoms with Crippen molar-refractivity contribution < 1.29 is 9.53 Å². The molecule has 1 aromatic carbocycles. The lowest BCUT2D eigenvalue weighted by atomic mass is 10.2. The number of nitrogens with zero attached hydrogens (tertiary/aromatic N) is 1. The fourth-order valence-electron chi connectivity index (χ4n) is 1.75. The van der Waals surface area contributed by atoms with Crippen molar-refractivity contribution in [3.8, 4) is 0 Å². The van der Waals surface area contributed by atoms with Gasteiger partial charge >= 0.3 is 5.97 Å². The van der Waals surface area contributed by atoms with Gasteiger partial charge in [0.1, 0.15) is 6.10 Å². The van der Waals surface area contributed by atoms with Gasteiger partial charge in [-0.1, -0.05) is 12.1 Å². The van der Waals surface area contributed by atoms with Gasteiger partial charge < -0.3 is 9.64 Å². The predicted octanol–water partition coefficient (Wildman–Crippen LogP) is 1.91. The highest BCUT2D eigenvalue weighted by atomic mass is 16.5. The van der Waals surface area contributed by atoms with Gasteiger partial charge in [0.2, 0.25) is 0 Å². The van der Waals surface area contributed by atoms with Gasteiger partial charge in [-0.15, -0.1) is 0 Å². The van der Waals surface area contributed by atoms with E-state index in [1.807, 2.05) is 19.2 Å². The highest BCUT2D eigenvalue weighted by Gasteiger charge is 2.18. The van der Waals surface area contributed by atoms with Crippen LogP contribution in [0, 0.1) is 6.92 Å². The van der Waals surface area contributed by atoms with E-state index in [1.54, 1.807) is 6.08 Å². The molecule has 1 heterocycles. The van der Waals surface area contributed by atoms with Gasteiger partial charge in [-0.3, -0.25) is 0 Å². The van der Waals surface area contributed by atoms with Crippen LogP contribution in [-0.2, 0) is 9.53 Å². The number of rotatable bonds is 3. The monoisotopic (exact) mass is 217 g/mol. The second kappa shape index (κ2) is 4.39. The Morgan fingerprint density at radius 2 is 2.25 bits per heavy atom. The Morgan fingerprint density at radius 3 is 2.88 bits per heavy atom. The molecule has 3 heteroatoms. The van der Waals surface area contributed by atoms with E-state index in [0.717, 1.165) is 5.69 Å². The molecule has 1 unspecified atom stereocenters. The SMILES string of the molecule is Cc1cccc(N(C)CC2C=CC(=O)O2)c1. The molecule has 16 heavy (non-hydrogen) atoms. The van der Waals surface area contributed by atoms with Crippen molar-refractivity contribution in [2.24, 2.45) is 0 Å². The standard InChI is InChI=1S/C13H15NO2/c1-10-4-3-5-11(8-10)14(2)9-12-6-7-13(15)16-12/h3-8,12H,9H2,1-2H3. The van der Waals surface area contributed by atoms with Gasteiger partial charge in [-0.25, -0.2) is 4.79 Å². The Balaban J connectivity index is 2.00. The summed E-state index contributed by atoms with van der Waals surface area (Å²) in [4.78, 5) is 13.0. The maximum atomic E-state index is 10.9. The summed E-state index contributed by atoms with van der Waals surface area (Å²) in [5.41, 5.74) is 2.36. The third kappa shape index (κ3) is 2.42. The number of ether oxygens (including phenoxy) is 1. The van der Waals surface area contributed by atoms with Crippen molar-refractivity contribution in [3.63, 3.8) is 0 Å². The number of hydrogen-bond donors (Lipinski definition) is 0. The average Bonchev–Trinajstić information content (AvgIpc) is 2.64. The van der Waals surface area contributed by atoms with Gasteiger partial charge in [0.25, 0.3) is 0 Å². The summed E-state index contributed by atoms with van der Waals surface area (Å²) in [7, 11) is 1.99. The van der Waals surface area contributed by atoms with Gasteiger partial charge in [-0.2, -0.15) is 0 Å². The molecule has 84 valence electrons. The van der Waals surface area contributed by atoms with Crippen molar-refractivity contribution in [1.29, 1.82) is 0 Å². The normalized spacial score (nSPS) is 18.6. The first-order chi connectivity index (χ1) is 7.65. The van der Waals surface area contributed by atoms with E-state index in [0.29, 0.717) is 6.54 Å². The lowest BCUT2D eigenvalue weighted by molar-refractivity contribution is -0.138. The average molecular weight is 217 g/mol. The van der Waals surface area contributed by atoms with Crippen LogP contribution in [-0.4, -0.2) is 25.7 Å². The summed E-state index contributed by atoms with van der Waals surface area (Å²) in [5, 5.41) is 0. The Morgan fingerprint density at radius 1 is 1.44 bits per heavy atom. The summed E-state index contributed by atoms with van der Waals surface area (Å²) < 4.78 is 5.09. The van der Waals surface area contributed by atoms with Gasteiger partial charge in [0, 0.05) is 18.8 Å². The molecule has 1 aliphatic heterocycles. The van der Waals surface area contributed by atoms with E-state index >= 15 is 0 Å². The molecule has 0 radical (unpaired) electrons. The van der Waals surface area contributed by atoms with Crippen LogP contribution in [0.4, 0.5) is 5.69 Å². The minimum atomic E-state index is -0.248. The summed E-state index contributed by atoms with van der Waals surface area (Å²) >= 11 is 0. The van der Waals surface area contributed by atoms with Crippen molar-refractivity contribution in [3.05, 3.63) is 42.0 Å². The van der Waals surface area contributed by atoms with Crippen LogP contribution in [0.15, 0.2) is 36.4 Å². The Hall–Kier alpha value is -1.77. The van der Waals surface area contributed by atoms with E-state index in [9.17, 15) is 4.79 Å². The fraction of sp³-hybridized carbons (Fsp3) is 0.308. The highest BCUT2D eigenvalue weighted by molar-refractivity contribution is 5.84. The number of carbonyl (C=O) groups excluding carboxylic acids is 1. The number of anilines is 1. The van der Waals surface area contributed by atoms with Crippen LogP contribution in [0.2, 0.25) is 0 Å². The van der Waals surface area contributed by atoms with Crippen molar-refractivity contribution >= 4 is 11.7 Å². The molecular weight excluding hydrogens is 202 g/mol. The smallest absolute Gasteiger partial charge is 0.331 e. The molecule has 0 saturated carbocycles. The number of likely N-dealkylation sites (N-methyl/N-ethyl adjacent to an activating group) is 1. The Bertz CT molecular complexity index is 426. The number of aryl methyl sites for hydroxylation is 1. The van der Waals surface area contributed by atoms with Crippen molar-refractivity contribution in [1.82, 2.24) is 0 Å². The molecule has 0 aromatic heterocycles. The molecule has 0 fully saturated rings. The number of esters is 1. The van der Waals surface area contributed by atoms with Crippen LogP contribution in [0.25, 0.3) is 0 Å². The quantitative estimate of drug-likeness (QED) is 0.724. The number of carbonyl (C=O) groups is 1.